The van der Waals surface area contributed by atoms with Crippen molar-refractivity contribution in [1.82, 2.24) is 4.31 Å². The first-order chi connectivity index (χ1) is 19.5. The lowest BCUT2D eigenvalue weighted by molar-refractivity contribution is -0.384. The molecule has 0 fully saturated rings. The van der Waals surface area contributed by atoms with Crippen molar-refractivity contribution in [3.63, 3.8) is 0 Å². The molecule has 0 radical (unpaired) electrons. The molecular formula is C32H53N3O5SSi. The van der Waals surface area contributed by atoms with Crippen LogP contribution in [0.1, 0.15) is 83.8 Å². The van der Waals surface area contributed by atoms with Crippen LogP contribution in [-0.2, 0) is 20.9 Å². The van der Waals surface area contributed by atoms with Crippen LogP contribution in [0.25, 0.3) is 0 Å². The van der Waals surface area contributed by atoms with E-state index in [0.717, 1.165) is 50.6 Å². The first kappa shape index (κ1) is 35.9. The summed E-state index contributed by atoms with van der Waals surface area (Å²) in [6.07, 6.45) is 7.64. The Labute approximate surface area is 255 Å². The Morgan fingerprint density at radius 3 is 2.24 bits per heavy atom. The van der Waals surface area contributed by atoms with E-state index in [0.29, 0.717) is 17.7 Å². The van der Waals surface area contributed by atoms with Crippen LogP contribution < -0.4 is 4.90 Å². The van der Waals surface area contributed by atoms with Gasteiger partial charge in [0.25, 0.3) is 5.69 Å². The minimum absolute atomic E-state index is 0.00978. The van der Waals surface area contributed by atoms with Gasteiger partial charge in [0.05, 0.1) is 9.82 Å². The second-order valence-corrected chi connectivity index (χ2v) is 19.9. The first-order valence-corrected chi connectivity index (χ1v) is 19.5. The third kappa shape index (κ3) is 10.2. The molecule has 10 heteroatoms. The second-order valence-electron chi connectivity index (χ2n) is 13.1. The highest BCUT2D eigenvalue weighted by Gasteiger charge is 2.38. The SMILES string of the molecule is CCCCC(CCCCCN(C)S(=O)(=O)c1ccc(N(C)C)cc1Cc1cccc([N+](=O)[O-])c1)O[Si](C)(C)C(C)(C)C. The summed E-state index contributed by atoms with van der Waals surface area (Å²) in [5.74, 6) is 0. The fraction of sp³-hybridized carbons (Fsp3) is 0.625. The molecule has 2 aromatic carbocycles. The lowest BCUT2D eigenvalue weighted by Gasteiger charge is -2.39. The fourth-order valence-corrected chi connectivity index (χ4v) is 7.52. The Balaban J connectivity index is 2.10. The smallest absolute Gasteiger partial charge is 0.269 e. The maximum Gasteiger partial charge on any atom is 0.269 e. The zero-order valence-electron chi connectivity index (χ0n) is 27.3. The number of anilines is 1. The molecule has 1 atom stereocenters. The van der Waals surface area contributed by atoms with E-state index < -0.39 is 23.3 Å². The molecule has 2 aromatic rings. The summed E-state index contributed by atoms with van der Waals surface area (Å²) >= 11 is 0. The van der Waals surface area contributed by atoms with Gasteiger partial charge in [-0.3, -0.25) is 10.1 Å². The highest BCUT2D eigenvalue weighted by atomic mass is 32.2. The van der Waals surface area contributed by atoms with Crippen molar-refractivity contribution in [3.8, 4) is 0 Å². The molecule has 236 valence electrons. The highest BCUT2D eigenvalue weighted by molar-refractivity contribution is 7.89. The van der Waals surface area contributed by atoms with E-state index in [2.05, 4.69) is 40.8 Å². The maximum atomic E-state index is 13.7. The van der Waals surface area contributed by atoms with Crippen LogP contribution in [0.4, 0.5) is 11.4 Å². The van der Waals surface area contributed by atoms with Gasteiger partial charge in [-0.15, -0.1) is 0 Å². The second kappa shape index (κ2) is 15.5. The van der Waals surface area contributed by atoms with Crippen LogP contribution in [-0.4, -0.2) is 59.8 Å². The van der Waals surface area contributed by atoms with Crippen molar-refractivity contribution in [2.45, 2.75) is 108 Å². The quantitative estimate of drug-likeness (QED) is 0.0771. The molecule has 0 saturated heterocycles. The van der Waals surface area contributed by atoms with Crippen molar-refractivity contribution in [3.05, 3.63) is 63.7 Å². The van der Waals surface area contributed by atoms with E-state index >= 15 is 0 Å². The largest absolute Gasteiger partial charge is 0.414 e. The minimum atomic E-state index is -3.75. The summed E-state index contributed by atoms with van der Waals surface area (Å²) in [6, 6.07) is 11.7. The van der Waals surface area contributed by atoms with E-state index in [-0.39, 0.29) is 28.1 Å². The molecule has 1 unspecified atom stereocenters. The zero-order chi connectivity index (χ0) is 31.7. The predicted molar refractivity (Wildman–Crippen MR) is 177 cm³/mol. The van der Waals surface area contributed by atoms with Crippen LogP contribution in [0.15, 0.2) is 47.4 Å². The van der Waals surface area contributed by atoms with Gasteiger partial charge in [0.2, 0.25) is 10.0 Å². The van der Waals surface area contributed by atoms with Gasteiger partial charge in [0.1, 0.15) is 0 Å². The van der Waals surface area contributed by atoms with Crippen LogP contribution in [0.3, 0.4) is 0 Å². The standard InChI is InChI=1S/C32H53N3O5SSi/c1-10-11-18-30(40-42(8,9)32(2,3)4)19-13-12-14-22-34(7)41(38,39)31-21-20-28(33(5)6)25-27(31)23-26-16-15-17-29(24-26)35(36)37/h15-17,20-21,24-25,30H,10-14,18-19,22-23H2,1-9H3. The molecule has 2 rings (SSSR count). The molecule has 0 aliphatic carbocycles. The monoisotopic (exact) mass is 619 g/mol. The number of nitro groups is 1. The molecule has 42 heavy (non-hydrogen) atoms. The normalized spacial score (nSPS) is 13.4. The molecule has 0 heterocycles. The van der Waals surface area contributed by atoms with E-state index in [9.17, 15) is 18.5 Å². The third-order valence-electron chi connectivity index (χ3n) is 8.41. The number of hydrogen-bond donors (Lipinski definition) is 0. The summed E-state index contributed by atoms with van der Waals surface area (Å²) in [7, 11) is -0.162. The zero-order valence-corrected chi connectivity index (χ0v) is 29.1. The summed E-state index contributed by atoms with van der Waals surface area (Å²) in [4.78, 5) is 13.0. The molecule has 0 aliphatic heterocycles. The number of sulfonamides is 1. The first-order valence-electron chi connectivity index (χ1n) is 15.2. The van der Waals surface area contributed by atoms with Crippen LogP contribution in [0.2, 0.25) is 18.1 Å². The van der Waals surface area contributed by atoms with E-state index in [1.165, 1.54) is 16.4 Å². The van der Waals surface area contributed by atoms with Crippen molar-refractivity contribution in [1.29, 1.82) is 0 Å². The molecule has 0 bridgehead atoms. The summed E-state index contributed by atoms with van der Waals surface area (Å²) in [5, 5.41) is 11.5. The van der Waals surface area contributed by atoms with Gasteiger partial charge in [-0.05, 0) is 73.1 Å². The van der Waals surface area contributed by atoms with Crippen LogP contribution in [0.5, 0.6) is 0 Å². The molecule has 0 N–H and O–H groups in total. The van der Waals surface area contributed by atoms with Gasteiger partial charge >= 0.3 is 0 Å². The van der Waals surface area contributed by atoms with Crippen molar-refractivity contribution in [2.24, 2.45) is 0 Å². The third-order valence-corrected chi connectivity index (χ3v) is 14.9. The Morgan fingerprint density at radius 2 is 1.64 bits per heavy atom. The molecule has 8 nitrogen and oxygen atoms in total. The number of non-ortho nitro benzene ring substituents is 1. The molecular weight excluding hydrogens is 567 g/mol. The highest BCUT2D eigenvalue weighted by Crippen LogP contribution is 2.38. The van der Waals surface area contributed by atoms with E-state index in [4.69, 9.17) is 4.43 Å². The van der Waals surface area contributed by atoms with Gasteiger partial charge in [-0.1, -0.05) is 65.5 Å². The number of unbranched alkanes of at least 4 members (excludes halogenated alkanes) is 3. The number of benzene rings is 2. The van der Waals surface area contributed by atoms with Crippen molar-refractivity contribution >= 4 is 29.7 Å². The fourth-order valence-electron chi connectivity index (χ4n) is 4.69. The van der Waals surface area contributed by atoms with E-state index in [1.54, 1.807) is 31.3 Å². The van der Waals surface area contributed by atoms with Crippen molar-refractivity contribution < 1.29 is 17.8 Å². The lowest BCUT2D eigenvalue weighted by atomic mass is 10.0. The predicted octanol–water partition coefficient (Wildman–Crippen LogP) is 8.01. The number of nitrogens with zero attached hydrogens (tertiary/aromatic N) is 3. The van der Waals surface area contributed by atoms with Crippen molar-refractivity contribution in [2.75, 3.05) is 32.6 Å². The number of rotatable bonds is 17. The Morgan fingerprint density at radius 1 is 0.976 bits per heavy atom. The Bertz CT molecular complexity index is 1280. The average Bonchev–Trinajstić information content (AvgIpc) is 2.90. The van der Waals surface area contributed by atoms with Gasteiger partial charge in [0.15, 0.2) is 8.32 Å². The molecule has 0 aliphatic rings. The molecule has 0 amide bonds. The molecule has 0 saturated carbocycles. The van der Waals surface area contributed by atoms with Gasteiger partial charge < -0.3 is 9.33 Å². The molecule has 0 aromatic heterocycles. The van der Waals surface area contributed by atoms with Gasteiger partial charge in [0, 0.05) is 51.6 Å². The summed E-state index contributed by atoms with van der Waals surface area (Å²) in [5.41, 5.74) is 2.17. The minimum Gasteiger partial charge on any atom is -0.414 e. The van der Waals surface area contributed by atoms with Crippen LogP contribution >= 0.6 is 0 Å². The maximum absolute atomic E-state index is 13.7. The Hall–Kier alpha value is -2.27. The average molecular weight is 620 g/mol. The topological polar surface area (TPSA) is 93.0 Å². The van der Waals surface area contributed by atoms with Gasteiger partial charge in [-0.25, -0.2) is 12.7 Å². The lowest BCUT2D eigenvalue weighted by Crippen LogP contribution is -2.44. The van der Waals surface area contributed by atoms with E-state index in [1.807, 2.05) is 25.1 Å². The number of nitro benzene ring substituents is 1. The number of hydrogen-bond acceptors (Lipinski definition) is 6. The summed E-state index contributed by atoms with van der Waals surface area (Å²) < 4.78 is 35.6. The van der Waals surface area contributed by atoms with Gasteiger partial charge in [-0.2, -0.15) is 0 Å². The Kier molecular flexibility index (Phi) is 13.2. The van der Waals surface area contributed by atoms with Crippen LogP contribution in [0, 0.1) is 10.1 Å². The summed E-state index contributed by atoms with van der Waals surface area (Å²) in [6.45, 7) is 14.1. The molecule has 0 spiro atoms.